The van der Waals surface area contributed by atoms with Crippen molar-refractivity contribution >= 4 is 32.9 Å². The van der Waals surface area contributed by atoms with Crippen molar-refractivity contribution in [2.75, 3.05) is 25.0 Å². The average molecular weight is 287 g/mol. The Morgan fingerprint density at radius 2 is 1.91 bits per heavy atom. The zero-order valence-corrected chi connectivity index (χ0v) is 10.4. The molecule has 68 valence electrons. The van der Waals surface area contributed by atoms with E-state index in [1.54, 1.807) is 0 Å². The third kappa shape index (κ3) is 3.90. The maximum atomic E-state index is 3.53. The van der Waals surface area contributed by atoms with Gasteiger partial charge in [0.2, 0.25) is 0 Å². The van der Waals surface area contributed by atoms with Gasteiger partial charge in [0, 0.05) is 5.33 Å². The number of nitrogens with zero attached hydrogens (tertiary/aromatic N) is 1. The van der Waals surface area contributed by atoms with Crippen molar-refractivity contribution in [1.82, 2.24) is 4.90 Å². The van der Waals surface area contributed by atoms with Crippen LogP contribution in [-0.4, -0.2) is 29.9 Å². The van der Waals surface area contributed by atoms with Gasteiger partial charge in [0.15, 0.2) is 0 Å². The SMILES string of the molecule is Br.CCN1CCC(CBr)CC1. The van der Waals surface area contributed by atoms with E-state index in [0.29, 0.717) is 0 Å². The molecule has 0 N–H and O–H groups in total. The van der Waals surface area contributed by atoms with Crippen molar-refractivity contribution in [3.05, 3.63) is 0 Å². The molecule has 0 atom stereocenters. The van der Waals surface area contributed by atoms with E-state index in [9.17, 15) is 0 Å². The summed E-state index contributed by atoms with van der Waals surface area (Å²) in [5.74, 6) is 0.947. The number of rotatable bonds is 2. The van der Waals surface area contributed by atoms with Crippen LogP contribution in [0.2, 0.25) is 0 Å². The van der Waals surface area contributed by atoms with Crippen LogP contribution in [0, 0.1) is 5.92 Å². The maximum absolute atomic E-state index is 3.53. The fourth-order valence-corrected chi connectivity index (χ4v) is 2.10. The molecule has 11 heavy (non-hydrogen) atoms. The first-order valence-corrected chi connectivity index (χ1v) is 5.27. The first-order valence-electron chi connectivity index (χ1n) is 4.15. The molecule has 0 bridgehead atoms. The van der Waals surface area contributed by atoms with Gasteiger partial charge in [-0.15, -0.1) is 17.0 Å². The van der Waals surface area contributed by atoms with E-state index in [1.807, 2.05) is 0 Å². The largest absolute Gasteiger partial charge is 0.304 e. The van der Waals surface area contributed by atoms with E-state index in [2.05, 4.69) is 27.8 Å². The van der Waals surface area contributed by atoms with E-state index >= 15 is 0 Å². The number of piperidine rings is 1. The van der Waals surface area contributed by atoms with Crippen LogP contribution < -0.4 is 0 Å². The predicted molar refractivity (Wildman–Crippen MR) is 59.0 cm³/mol. The molecule has 1 heterocycles. The van der Waals surface area contributed by atoms with Gasteiger partial charge in [-0.1, -0.05) is 22.9 Å². The fraction of sp³-hybridized carbons (Fsp3) is 1.00. The van der Waals surface area contributed by atoms with Gasteiger partial charge in [0.25, 0.3) is 0 Å². The second-order valence-electron chi connectivity index (χ2n) is 3.03. The maximum Gasteiger partial charge on any atom is 0.00606 e. The zero-order valence-electron chi connectivity index (χ0n) is 7.05. The van der Waals surface area contributed by atoms with Crippen molar-refractivity contribution in [1.29, 1.82) is 0 Å². The van der Waals surface area contributed by atoms with Gasteiger partial charge in [-0.3, -0.25) is 0 Å². The Morgan fingerprint density at radius 3 is 2.27 bits per heavy atom. The second kappa shape index (κ2) is 6.44. The molecule has 0 aromatic heterocycles. The molecular formula is C8H17Br2N. The quantitative estimate of drug-likeness (QED) is 0.706. The zero-order chi connectivity index (χ0) is 7.40. The Bertz CT molecular complexity index is 78.1. The van der Waals surface area contributed by atoms with Gasteiger partial charge < -0.3 is 4.90 Å². The van der Waals surface area contributed by atoms with Gasteiger partial charge in [-0.05, 0) is 38.4 Å². The second-order valence-corrected chi connectivity index (χ2v) is 3.68. The molecular weight excluding hydrogens is 270 g/mol. The fourth-order valence-electron chi connectivity index (χ4n) is 1.46. The summed E-state index contributed by atoms with van der Waals surface area (Å²) in [6.07, 6.45) is 2.78. The summed E-state index contributed by atoms with van der Waals surface area (Å²) < 4.78 is 0. The number of alkyl halides is 1. The van der Waals surface area contributed by atoms with E-state index in [0.717, 1.165) is 5.92 Å². The minimum absolute atomic E-state index is 0. The van der Waals surface area contributed by atoms with E-state index < -0.39 is 0 Å². The van der Waals surface area contributed by atoms with Crippen molar-refractivity contribution in [3.63, 3.8) is 0 Å². The summed E-state index contributed by atoms with van der Waals surface area (Å²) >= 11 is 3.53. The lowest BCUT2D eigenvalue weighted by atomic mass is 9.99. The third-order valence-electron chi connectivity index (χ3n) is 2.37. The molecule has 1 rings (SSSR count). The molecule has 0 spiro atoms. The summed E-state index contributed by atoms with van der Waals surface area (Å²) in [6, 6.07) is 0. The van der Waals surface area contributed by atoms with Gasteiger partial charge in [-0.25, -0.2) is 0 Å². The molecule has 1 fully saturated rings. The highest BCUT2D eigenvalue weighted by Gasteiger charge is 2.15. The molecule has 0 radical (unpaired) electrons. The molecule has 3 heteroatoms. The first kappa shape index (κ1) is 11.9. The Balaban J connectivity index is 0.000001000. The summed E-state index contributed by atoms with van der Waals surface area (Å²) in [5, 5.41) is 1.20. The predicted octanol–water partition coefficient (Wildman–Crippen LogP) is 2.69. The topological polar surface area (TPSA) is 3.24 Å². The molecule has 0 aromatic rings. The van der Waals surface area contributed by atoms with Crippen LogP contribution in [0.15, 0.2) is 0 Å². The molecule has 0 amide bonds. The van der Waals surface area contributed by atoms with Crippen molar-refractivity contribution in [2.45, 2.75) is 19.8 Å². The summed E-state index contributed by atoms with van der Waals surface area (Å²) in [7, 11) is 0. The molecule has 1 nitrogen and oxygen atoms in total. The van der Waals surface area contributed by atoms with E-state index in [4.69, 9.17) is 0 Å². The van der Waals surface area contributed by atoms with Crippen molar-refractivity contribution < 1.29 is 0 Å². The number of halogens is 2. The highest BCUT2D eigenvalue weighted by atomic mass is 79.9. The lowest BCUT2D eigenvalue weighted by molar-refractivity contribution is 0.204. The highest BCUT2D eigenvalue weighted by Crippen LogP contribution is 2.18. The molecule has 0 saturated carbocycles. The van der Waals surface area contributed by atoms with Crippen LogP contribution in [0.1, 0.15) is 19.8 Å². The standard InChI is InChI=1S/C8H16BrN.BrH/c1-2-10-5-3-8(7-9)4-6-10;/h8H,2-7H2,1H3;1H. The third-order valence-corrected chi connectivity index (χ3v) is 3.29. The van der Waals surface area contributed by atoms with Gasteiger partial charge in [-0.2, -0.15) is 0 Å². The Kier molecular flexibility index (Phi) is 6.98. The summed E-state index contributed by atoms with van der Waals surface area (Å²) in [5.41, 5.74) is 0. The van der Waals surface area contributed by atoms with Crippen LogP contribution in [-0.2, 0) is 0 Å². The molecule has 1 aliphatic heterocycles. The van der Waals surface area contributed by atoms with Crippen LogP contribution in [0.25, 0.3) is 0 Å². The average Bonchev–Trinajstić information content (AvgIpc) is 2.05. The smallest absolute Gasteiger partial charge is 0.00606 e. The Labute approximate surface area is 88.4 Å². The Morgan fingerprint density at radius 1 is 1.36 bits per heavy atom. The van der Waals surface area contributed by atoms with E-state index in [1.165, 1.54) is 37.8 Å². The normalized spacial score (nSPS) is 21.3. The molecule has 0 aromatic carbocycles. The van der Waals surface area contributed by atoms with Crippen molar-refractivity contribution in [2.24, 2.45) is 5.92 Å². The van der Waals surface area contributed by atoms with Crippen LogP contribution in [0.5, 0.6) is 0 Å². The molecule has 1 saturated heterocycles. The number of likely N-dealkylation sites (tertiary alicyclic amines) is 1. The van der Waals surface area contributed by atoms with E-state index in [-0.39, 0.29) is 17.0 Å². The van der Waals surface area contributed by atoms with Crippen LogP contribution in [0.4, 0.5) is 0 Å². The number of hydrogen-bond acceptors (Lipinski definition) is 1. The van der Waals surface area contributed by atoms with Gasteiger partial charge >= 0.3 is 0 Å². The van der Waals surface area contributed by atoms with Gasteiger partial charge in [0.1, 0.15) is 0 Å². The monoisotopic (exact) mass is 285 g/mol. The van der Waals surface area contributed by atoms with Gasteiger partial charge in [0.05, 0.1) is 0 Å². The molecule has 0 unspecified atom stereocenters. The number of hydrogen-bond donors (Lipinski definition) is 0. The molecule has 0 aliphatic carbocycles. The Hall–Kier alpha value is 0.920. The lowest BCUT2D eigenvalue weighted by Crippen LogP contribution is -2.33. The summed E-state index contributed by atoms with van der Waals surface area (Å²) in [6.45, 7) is 6.10. The van der Waals surface area contributed by atoms with Crippen LogP contribution >= 0.6 is 32.9 Å². The highest BCUT2D eigenvalue weighted by molar-refractivity contribution is 9.09. The first-order chi connectivity index (χ1) is 4.86. The summed E-state index contributed by atoms with van der Waals surface area (Å²) in [4.78, 5) is 2.53. The van der Waals surface area contributed by atoms with Crippen LogP contribution in [0.3, 0.4) is 0 Å². The lowest BCUT2D eigenvalue weighted by Gasteiger charge is -2.29. The molecule has 1 aliphatic rings. The minimum atomic E-state index is 0. The minimum Gasteiger partial charge on any atom is -0.304 e. The van der Waals surface area contributed by atoms with Crippen molar-refractivity contribution in [3.8, 4) is 0 Å².